The summed E-state index contributed by atoms with van der Waals surface area (Å²) in [6, 6.07) is 10.0. The zero-order valence-corrected chi connectivity index (χ0v) is 11.2. The van der Waals surface area contributed by atoms with Crippen LogP contribution in [0.5, 0.6) is 0 Å². The highest BCUT2D eigenvalue weighted by atomic mass is 16.2. The fourth-order valence-corrected chi connectivity index (χ4v) is 2.14. The third-order valence-electron chi connectivity index (χ3n) is 3.59. The molecule has 1 aromatic carbocycles. The summed E-state index contributed by atoms with van der Waals surface area (Å²) in [6.07, 6.45) is 5.27. The topological polar surface area (TPSA) is 72.9 Å². The Balaban J connectivity index is 1.61. The van der Waals surface area contributed by atoms with Crippen molar-refractivity contribution in [1.82, 2.24) is 15.1 Å². The lowest BCUT2D eigenvalue weighted by molar-refractivity contribution is -0.123. The van der Waals surface area contributed by atoms with E-state index in [1.165, 1.54) is 0 Å². The first-order valence-corrected chi connectivity index (χ1v) is 6.78. The minimum Gasteiger partial charge on any atom is -0.350 e. The second-order valence-electron chi connectivity index (χ2n) is 5.36. The number of nitrogens with two attached hydrogens (primary N) is 1. The van der Waals surface area contributed by atoms with Gasteiger partial charge in [0, 0.05) is 18.9 Å². The maximum Gasteiger partial charge on any atom is 0.240 e. The molecule has 104 valence electrons. The van der Waals surface area contributed by atoms with Crippen molar-refractivity contribution >= 4 is 5.91 Å². The summed E-state index contributed by atoms with van der Waals surface area (Å²) in [4.78, 5) is 11.8. The van der Waals surface area contributed by atoms with Gasteiger partial charge in [0.05, 0.1) is 12.1 Å². The molecule has 1 saturated carbocycles. The van der Waals surface area contributed by atoms with Crippen LogP contribution in [0.4, 0.5) is 0 Å². The third kappa shape index (κ3) is 2.88. The average Bonchev–Trinajstić information content (AvgIpc) is 3.00. The molecule has 5 heteroatoms. The number of amides is 1. The Morgan fingerprint density at radius 3 is 2.85 bits per heavy atom. The quantitative estimate of drug-likeness (QED) is 0.852. The summed E-state index contributed by atoms with van der Waals surface area (Å²) >= 11 is 0. The van der Waals surface area contributed by atoms with Crippen LogP contribution in [0.15, 0.2) is 42.7 Å². The van der Waals surface area contributed by atoms with Gasteiger partial charge in [-0.3, -0.25) is 9.48 Å². The smallest absolute Gasteiger partial charge is 0.240 e. The van der Waals surface area contributed by atoms with E-state index in [1.54, 1.807) is 6.20 Å². The molecule has 0 aliphatic heterocycles. The molecule has 0 saturated heterocycles. The number of hydrogen-bond acceptors (Lipinski definition) is 3. The molecule has 1 fully saturated rings. The zero-order valence-electron chi connectivity index (χ0n) is 11.2. The van der Waals surface area contributed by atoms with Crippen molar-refractivity contribution in [1.29, 1.82) is 0 Å². The number of nitrogens with one attached hydrogen (secondary N) is 1. The second-order valence-corrected chi connectivity index (χ2v) is 5.36. The van der Waals surface area contributed by atoms with Crippen LogP contribution in [-0.4, -0.2) is 21.2 Å². The Labute approximate surface area is 117 Å². The van der Waals surface area contributed by atoms with Crippen molar-refractivity contribution in [2.45, 2.75) is 31.5 Å². The predicted molar refractivity (Wildman–Crippen MR) is 75.8 cm³/mol. The molecule has 5 nitrogen and oxygen atoms in total. The summed E-state index contributed by atoms with van der Waals surface area (Å²) in [6.45, 7) is 1.25. The summed E-state index contributed by atoms with van der Waals surface area (Å²) in [5.74, 6) is -0.0463. The Morgan fingerprint density at radius 2 is 2.15 bits per heavy atom. The number of benzene rings is 1. The highest BCUT2D eigenvalue weighted by Gasteiger charge is 2.45. The highest BCUT2D eigenvalue weighted by Crippen LogP contribution is 2.32. The number of rotatable bonds is 5. The van der Waals surface area contributed by atoms with Crippen molar-refractivity contribution in [3.63, 3.8) is 0 Å². The van der Waals surface area contributed by atoms with E-state index < -0.39 is 5.54 Å². The van der Waals surface area contributed by atoms with Gasteiger partial charge in [0.2, 0.25) is 5.91 Å². The van der Waals surface area contributed by atoms with E-state index in [0.29, 0.717) is 6.54 Å². The van der Waals surface area contributed by atoms with E-state index in [1.807, 2.05) is 29.1 Å². The maximum atomic E-state index is 11.8. The standard InChI is InChI=1S/C15H18N4O/c16-15(5-6-15)14(20)17-10-12-3-1-4-13(9-12)11-19-8-2-7-18-19/h1-4,7-9H,5-6,10-11,16H2,(H,17,20). The van der Waals surface area contributed by atoms with Gasteiger partial charge in [0.15, 0.2) is 0 Å². The molecule has 0 atom stereocenters. The fourth-order valence-electron chi connectivity index (χ4n) is 2.14. The molecule has 20 heavy (non-hydrogen) atoms. The van der Waals surface area contributed by atoms with Crippen LogP contribution in [0.2, 0.25) is 0 Å². The number of carbonyl (C=O) groups is 1. The normalized spacial score (nSPS) is 15.8. The molecule has 0 unspecified atom stereocenters. The van der Waals surface area contributed by atoms with Crippen molar-refractivity contribution in [3.8, 4) is 0 Å². The van der Waals surface area contributed by atoms with Gasteiger partial charge in [0.1, 0.15) is 0 Å². The lowest BCUT2D eigenvalue weighted by Gasteiger charge is -2.11. The van der Waals surface area contributed by atoms with Crippen molar-refractivity contribution in [2.75, 3.05) is 0 Å². The van der Waals surface area contributed by atoms with Gasteiger partial charge in [-0.1, -0.05) is 24.3 Å². The number of hydrogen-bond donors (Lipinski definition) is 2. The molecule has 1 heterocycles. The van der Waals surface area contributed by atoms with E-state index in [2.05, 4.69) is 22.5 Å². The Bertz CT molecular complexity index is 602. The molecule has 1 aromatic heterocycles. The average molecular weight is 270 g/mol. The molecule has 3 N–H and O–H groups in total. The van der Waals surface area contributed by atoms with Crippen LogP contribution in [-0.2, 0) is 17.9 Å². The van der Waals surface area contributed by atoms with E-state index in [-0.39, 0.29) is 5.91 Å². The van der Waals surface area contributed by atoms with Crippen LogP contribution in [0.1, 0.15) is 24.0 Å². The number of aromatic nitrogens is 2. The van der Waals surface area contributed by atoms with Crippen LogP contribution >= 0.6 is 0 Å². The summed E-state index contributed by atoms with van der Waals surface area (Å²) in [7, 11) is 0. The largest absolute Gasteiger partial charge is 0.350 e. The Kier molecular flexibility index (Phi) is 3.28. The van der Waals surface area contributed by atoms with Crippen LogP contribution in [0.3, 0.4) is 0 Å². The van der Waals surface area contributed by atoms with Gasteiger partial charge in [-0.15, -0.1) is 0 Å². The third-order valence-corrected chi connectivity index (χ3v) is 3.59. The molecular weight excluding hydrogens is 252 g/mol. The first kappa shape index (κ1) is 12.9. The van der Waals surface area contributed by atoms with Crippen LogP contribution in [0, 0.1) is 0 Å². The summed E-state index contributed by atoms with van der Waals surface area (Å²) in [5, 5.41) is 7.09. The first-order valence-electron chi connectivity index (χ1n) is 6.78. The Hall–Kier alpha value is -2.14. The van der Waals surface area contributed by atoms with Crippen LogP contribution in [0.25, 0.3) is 0 Å². The van der Waals surface area contributed by atoms with E-state index in [9.17, 15) is 4.79 Å². The second kappa shape index (κ2) is 5.09. The van der Waals surface area contributed by atoms with Gasteiger partial charge in [0.25, 0.3) is 0 Å². The molecular formula is C15H18N4O. The molecule has 1 aliphatic rings. The molecule has 3 rings (SSSR count). The lowest BCUT2D eigenvalue weighted by Crippen LogP contribution is -2.42. The SMILES string of the molecule is NC1(C(=O)NCc2cccc(Cn3cccn3)c2)CC1. The summed E-state index contributed by atoms with van der Waals surface area (Å²) < 4.78 is 1.87. The molecule has 0 bridgehead atoms. The van der Waals surface area contributed by atoms with Gasteiger partial charge >= 0.3 is 0 Å². The van der Waals surface area contributed by atoms with E-state index >= 15 is 0 Å². The first-order chi connectivity index (χ1) is 9.66. The number of carbonyl (C=O) groups excluding carboxylic acids is 1. The lowest BCUT2D eigenvalue weighted by atomic mass is 10.1. The fraction of sp³-hybridized carbons (Fsp3) is 0.333. The van der Waals surface area contributed by atoms with Crippen molar-refractivity contribution < 1.29 is 4.79 Å². The minimum atomic E-state index is -0.604. The van der Waals surface area contributed by atoms with E-state index in [4.69, 9.17) is 5.73 Å². The van der Waals surface area contributed by atoms with Crippen molar-refractivity contribution in [3.05, 3.63) is 53.9 Å². The van der Waals surface area contributed by atoms with Crippen molar-refractivity contribution in [2.24, 2.45) is 5.73 Å². The molecule has 2 aromatic rings. The summed E-state index contributed by atoms with van der Waals surface area (Å²) in [5.41, 5.74) is 7.48. The molecule has 1 amide bonds. The van der Waals surface area contributed by atoms with Gasteiger partial charge < -0.3 is 11.1 Å². The highest BCUT2D eigenvalue weighted by molar-refractivity contribution is 5.88. The minimum absolute atomic E-state index is 0.0463. The Morgan fingerprint density at radius 1 is 1.35 bits per heavy atom. The zero-order chi connectivity index (χ0) is 14.0. The predicted octanol–water partition coefficient (Wildman–Crippen LogP) is 1.04. The monoisotopic (exact) mass is 270 g/mol. The molecule has 0 radical (unpaired) electrons. The van der Waals surface area contributed by atoms with Gasteiger partial charge in [-0.2, -0.15) is 5.10 Å². The molecule has 1 aliphatic carbocycles. The number of nitrogens with zero attached hydrogens (tertiary/aromatic N) is 2. The van der Waals surface area contributed by atoms with Crippen LogP contribution < -0.4 is 11.1 Å². The van der Waals surface area contributed by atoms with Gasteiger partial charge in [-0.05, 0) is 30.0 Å². The maximum absolute atomic E-state index is 11.8. The van der Waals surface area contributed by atoms with E-state index in [0.717, 1.165) is 30.5 Å². The molecule has 0 spiro atoms. The van der Waals surface area contributed by atoms with Gasteiger partial charge in [-0.25, -0.2) is 0 Å².